The van der Waals surface area contributed by atoms with Gasteiger partial charge < -0.3 is 14.7 Å². The van der Waals surface area contributed by atoms with Crippen LogP contribution >= 0.6 is 0 Å². The lowest BCUT2D eigenvalue weighted by Gasteiger charge is -2.42. The van der Waals surface area contributed by atoms with Gasteiger partial charge in [-0.2, -0.15) is 0 Å². The molecule has 2 aliphatic rings. The van der Waals surface area contributed by atoms with Crippen molar-refractivity contribution < 1.29 is 14.6 Å². The Hall–Kier alpha value is -2.37. The van der Waals surface area contributed by atoms with Gasteiger partial charge in [0.2, 0.25) is 0 Å². The first-order valence-corrected chi connectivity index (χ1v) is 9.97. The predicted octanol–water partition coefficient (Wildman–Crippen LogP) is 3.32. The molecule has 0 saturated carbocycles. The summed E-state index contributed by atoms with van der Waals surface area (Å²) in [5, 5.41) is 9.54. The van der Waals surface area contributed by atoms with Crippen molar-refractivity contribution in [1.82, 2.24) is 9.80 Å². The lowest BCUT2D eigenvalue weighted by atomic mass is 9.98. The number of amides is 1. The minimum Gasteiger partial charge on any atom is -0.448 e. The maximum Gasteiger partial charge on any atom is 0.409 e. The van der Waals surface area contributed by atoms with Gasteiger partial charge in [-0.25, -0.2) is 4.79 Å². The van der Waals surface area contributed by atoms with Crippen LogP contribution in [0.25, 0.3) is 11.1 Å². The van der Waals surface area contributed by atoms with Gasteiger partial charge in [-0.3, -0.25) is 4.90 Å². The van der Waals surface area contributed by atoms with Gasteiger partial charge in [0.1, 0.15) is 6.61 Å². The summed E-state index contributed by atoms with van der Waals surface area (Å²) in [6, 6.07) is 16.7. The fourth-order valence-electron chi connectivity index (χ4n) is 4.28. The molecule has 0 aromatic heterocycles. The van der Waals surface area contributed by atoms with Crippen molar-refractivity contribution >= 4 is 6.09 Å². The Morgan fingerprint density at radius 3 is 2.07 bits per heavy atom. The topological polar surface area (TPSA) is 53.0 Å². The fraction of sp³-hybridized carbons (Fsp3) is 0.435. The number of hydrogen-bond donors (Lipinski definition) is 1. The third kappa shape index (κ3) is 3.40. The summed E-state index contributed by atoms with van der Waals surface area (Å²) in [5.41, 5.74) is 4.67. The van der Waals surface area contributed by atoms with E-state index in [2.05, 4.69) is 41.3 Å². The summed E-state index contributed by atoms with van der Waals surface area (Å²) in [7, 11) is 0. The molecule has 1 amide bonds. The van der Waals surface area contributed by atoms with Gasteiger partial charge in [-0.05, 0) is 36.1 Å². The van der Waals surface area contributed by atoms with Gasteiger partial charge in [0, 0.05) is 37.6 Å². The number of rotatable bonds is 4. The molecule has 2 aromatic rings. The molecule has 1 heterocycles. The van der Waals surface area contributed by atoms with Crippen LogP contribution in [-0.2, 0) is 4.74 Å². The van der Waals surface area contributed by atoms with Gasteiger partial charge in [0.05, 0.1) is 6.61 Å². The number of aliphatic hydroxyl groups excluding tert-OH is 1. The second-order valence-corrected chi connectivity index (χ2v) is 8.25. The average Bonchev–Trinajstić information content (AvgIpc) is 3.06. The van der Waals surface area contributed by atoms with E-state index in [1.807, 2.05) is 26.0 Å². The smallest absolute Gasteiger partial charge is 0.409 e. The van der Waals surface area contributed by atoms with E-state index in [-0.39, 0.29) is 24.2 Å². The van der Waals surface area contributed by atoms with Crippen molar-refractivity contribution in [2.45, 2.75) is 25.3 Å². The summed E-state index contributed by atoms with van der Waals surface area (Å²) >= 11 is 0. The highest BCUT2D eigenvalue weighted by atomic mass is 16.6. The number of fused-ring (bicyclic) bond motifs is 3. The molecule has 28 heavy (non-hydrogen) atoms. The predicted molar refractivity (Wildman–Crippen MR) is 109 cm³/mol. The maximum absolute atomic E-state index is 12.6. The standard InChI is InChI=1S/C23H28N2O3/c1-23(2,16-26)25-13-11-24(12-14-25)22(27)28-15-21-19-9-5-3-7-17(19)18-8-4-6-10-20(18)21/h3-10,21,26H,11-16H2,1-2H3. The first-order chi connectivity index (χ1) is 13.5. The molecule has 0 bridgehead atoms. The van der Waals surface area contributed by atoms with Crippen LogP contribution in [0, 0.1) is 0 Å². The molecule has 0 spiro atoms. The van der Waals surface area contributed by atoms with Crippen LogP contribution in [0.2, 0.25) is 0 Å². The van der Waals surface area contributed by atoms with Gasteiger partial charge in [-0.1, -0.05) is 48.5 Å². The largest absolute Gasteiger partial charge is 0.448 e. The molecular weight excluding hydrogens is 352 g/mol. The van der Waals surface area contributed by atoms with Crippen molar-refractivity contribution in [3.63, 3.8) is 0 Å². The lowest BCUT2D eigenvalue weighted by Crippen LogP contribution is -2.57. The van der Waals surface area contributed by atoms with E-state index in [0.717, 1.165) is 13.1 Å². The molecule has 5 nitrogen and oxygen atoms in total. The lowest BCUT2D eigenvalue weighted by molar-refractivity contribution is 0.0130. The van der Waals surface area contributed by atoms with Crippen molar-refractivity contribution in [2.24, 2.45) is 0 Å². The Kier molecular flexibility index (Phi) is 5.13. The number of carbonyl (C=O) groups is 1. The number of carbonyl (C=O) groups excluding carboxylic acids is 1. The highest BCUT2D eigenvalue weighted by molar-refractivity contribution is 5.79. The summed E-state index contributed by atoms with van der Waals surface area (Å²) in [6.45, 7) is 7.26. The van der Waals surface area contributed by atoms with Gasteiger partial charge in [0.25, 0.3) is 0 Å². The number of benzene rings is 2. The van der Waals surface area contributed by atoms with Crippen LogP contribution in [0.15, 0.2) is 48.5 Å². The minimum atomic E-state index is -0.257. The second kappa shape index (κ2) is 7.57. The monoisotopic (exact) mass is 380 g/mol. The molecule has 0 atom stereocenters. The summed E-state index contributed by atoms with van der Waals surface area (Å²) in [5.74, 6) is 0.0889. The third-order valence-corrected chi connectivity index (χ3v) is 6.12. The van der Waals surface area contributed by atoms with Crippen LogP contribution < -0.4 is 0 Å². The third-order valence-electron chi connectivity index (χ3n) is 6.12. The summed E-state index contributed by atoms with van der Waals surface area (Å²) in [4.78, 5) is 16.6. The maximum atomic E-state index is 12.6. The Balaban J connectivity index is 1.40. The van der Waals surface area contributed by atoms with Crippen molar-refractivity contribution in [2.75, 3.05) is 39.4 Å². The van der Waals surface area contributed by atoms with E-state index in [1.165, 1.54) is 22.3 Å². The SMILES string of the molecule is CC(C)(CO)N1CCN(C(=O)OCC2c3ccccc3-c3ccccc32)CC1. The highest BCUT2D eigenvalue weighted by Gasteiger charge is 2.33. The average molecular weight is 380 g/mol. The number of hydrogen-bond acceptors (Lipinski definition) is 4. The molecule has 4 rings (SSSR count). The molecule has 2 aromatic carbocycles. The quantitative estimate of drug-likeness (QED) is 0.884. The van der Waals surface area contributed by atoms with E-state index >= 15 is 0 Å². The van der Waals surface area contributed by atoms with Crippen LogP contribution in [0.5, 0.6) is 0 Å². The van der Waals surface area contributed by atoms with Crippen LogP contribution in [0.1, 0.15) is 30.9 Å². The van der Waals surface area contributed by atoms with Crippen LogP contribution in [0.4, 0.5) is 4.79 Å². The van der Waals surface area contributed by atoms with E-state index in [4.69, 9.17) is 4.74 Å². The number of ether oxygens (including phenoxy) is 1. The zero-order valence-corrected chi connectivity index (χ0v) is 16.6. The number of nitrogens with zero attached hydrogens (tertiary/aromatic N) is 2. The normalized spacial score (nSPS) is 17.3. The molecule has 5 heteroatoms. The van der Waals surface area contributed by atoms with Crippen LogP contribution in [-0.4, -0.2) is 65.9 Å². The fourth-order valence-corrected chi connectivity index (χ4v) is 4.28. The molecule has 148 valence electrons. The van der Waals surface area contributed by atoms with E-state index in [0.29, 0.717) is 19.7 Å². The van der Waals surface area contributed by atoms with Gasteiger partial charge in [0.15, 0.2) is 0 Å². The summed E-state index contributed by atoms with van der Waals surface area (Å²) in [6.07, 6.45) is -0.247. The number of piperazine rings is 1. The molecular formula is C23H28N2O3. The van der Waals surface area contributed by atoms with Crippen LogP contribution in [0.3, 0.4) is 0 Å². The molecule has 1 fully saturated rings. The Morgan fingerprint density at radius 2 is 1.54 bits per heavy atom. The Bertz CT molecular complexity index is 811. The number of aliphatic hydroxyl groups is 1. The molecule has 1 saturated heterocycles. The molecule has 1 aliphatic heterocycles. The molecule has 1 N–H and O–H groups in total. The second-order valence-electron chi connectivity index (χ2n) is 8.25. The first kappa shape index (κ1) is 19.0. The van der Waals surface area contributed by atoms with Crippen molar-refractivity contribution in [1.29, 1.82) is 0 Å². The zero-order valence-electron chi connectivity index (χ0n) is 16.6. The first-order valence-electron chi connectivity index (χ1n) is 9.97. The minimum absolute atomic E-state index is 0.0889. The zero-order chi connectivity index (χ0) is 19.7. The highest BCUT2D eigenvalue weighted by Crippen LogP contribution is 2.44. The van der Waals surface area contributed by atoms with E-state index in [1.54, 1.807) is 4.90 Å². The van der Waals surface area contributed by atoms with Gasteiger partial charge in [-0.15, -0.1) is 0 Å². The Morgan fingerprint density at radius 1 is 1.00 bits per heavy atom. The summed E-state index contributed by atoms with van der Waals surface area (Å²) < 4.78 is 5.75. The van der Waals surface area contributed by atoms with E-state index in [9.17, 15) is 9.90 Å². The van der Waals surface area contributed by atoms with E-state index < -0.39 is 0 Å². The van der Waals surface area contributed by atoms with Crippen molar-refractivity contribution in [3.8, 4) is 11.1 Å². The molecule has 0 unspecified atom stereocenters. The molecule has 1 aliphatic carbocycles. The Labute approximate surface area is 166 Å². The van der Waals surface area contributed by atoms with Crippen molar-refractivity contribution in [3.05, 3.63) is 59.7 Å². The molecule has 0 radical (unpaired) electrons. The van der Waals surface area contributed by atoms with Gasteiger partial charge >= 0.3 is 6.09 Å².